The molecule has 2 aromatic rings. The molecule has 1 atom stereocenters. The van der Waals surface area contributed by atoms with E-state index in [4.69, 9.17) is 16.3 Å². The third-order valence-electron chi connectivity index (χ3n) is 5.39. The minimum atomic E-state index is -3.32. The van der Waals surface area contributed by atoms with E-state index in [2.05, 4.69) is 22.8 Å². The smallest absolute Gasteiger partial charge is 0.179 e. The number of hydrogen-bond donors (Lipinski definition) is 0. The van der Waals surface area contributed by atoms with Gasteiger partial charge < -0.3 is 4.74 Å². The fourth-order valence-electron chi connectivity index (χ4n) is 3.55. The quantitative estimate of drug-likeness (QED) is 0.683. The van der Waals surface area contributed by atoms with Crippen LogP contribution in [0.5, 0.6) is 5.75 Å². The van der Waals surface area contributed by atoms with E-state index in [9.17, 15) is 8.42 Å². The summed E-state index contributed by atoms with van der Waals surface area (Å²) in [4.78, 5) is 4.93. The number of methoxy groups -OCH3 is 1. The van der Waals surface area contributed by atoms with E-state index < -0.39 is 9.84 Å². The van der Waals surface area contributed by atoms with E-state index in [0.29, 0.717) is 17.2 Å². The molecular formula is C21H27ClN2O3S. The molecule has 28 heavy (non-hydrogen) atoms. The molecule has 0 amide bonds. The summed E-state index contributed by atoms with van der Waals surface area (Å²) >= 11 is 6.33. The Morgan fingerprint density at radius 1 is 1.07 bits per heavy atom. The molecule has 5 nitrogen and oxygen atoms in total. The van der Waals surface area contributed by atoms with Gasteiger partial charge in [-0.3, -0.25) is 9.80 Å². The highest BCUT2D eigenvalue weighted by Crippen LogP contribution is 2.27. The maximum Gasteiger partial charge on any atom is 0.179 e. The van der Waals surface area contributed by atoms with Crippen LogP contribution < -0.4 is 4.74 Å². The van der Waals surface area contributed by atoms with E-state index in [1.165, 1.54) is 7.11 Å². The zero-order chi connectivity index (χ0) is 20.1. The number of ether oxygens (including phenoxy) is 1. The predicted molar refractivity (Wildman–Crippen MR) is 113 cm³/mol. The summed E-state index contributed by atoms with van der Waals surface area (Å²) in [6.45, 7) is 6.19. The third-order valence-corrected chi connectivity index (χ3v) is 7.42. The number of rotatable bonds is 7. The second kappa shape index (κ2) is 9.27. The van der Waals surface area contributed by atoms with Gasteiger partial charge in [-0.1, -0.05) is 35.9 Å². The largest absolute Gasteiger partial charge is 0.497 e. The Hall–Kier alpha value is -1.60. The minimum Gasteiger partial charge on any atom is -0.497 e. The van der Waals surface area contributed by atoms with Gasteiger partial charge in [0.1, 0.15) is 5.75 Å². The van der Waals surface area contributed by atoms with Crippen LogP contribution in [0.15, 0.2) is 53.4 Å². The average Bonchev–Trinajstić information content (AvgIpc) is 2.72. The Kier molecular flexibility index (Phi) is 6.99. The standard InChI is InChI=1S/C21H27ClN2O3S/c1-17(20-8-3-4-9-21(20)22)24-12-10-23(11-13-24)14-15-28(25,26)19-7-5-6-18(16-19)27-2/h3-9,16-17H,10-15H2,1-2H3. The molecule has 1 saturated heterocycles. The van der Waals surface area contributed by atoms with Crippen molar-refractivity contribution in [1.82, 2.24) is 9.80 Å². The van der Waals surface area contributed by atoms with Crippen molar-refractivity contribution in [3.8, 4) is 5.75 Å². The number of halogens is 1. The van der Waals surface area contributed by atoms with Crippen molar-refractivity contribution in [2.75, 3.05) is 45.6 Å². The van der Waals surface area contributed by atoms with E-state index in [0.717, 1.165) is 36.8 Å². The van der Waals surface area contributed by atoms with Crippen molar-refractivity contribution in [2.45, 2.75) is 17.9 Å². The van der Waals surface area contributed by atoms with Gasteiger partial charge in [-0.05, 0) is 36.8 Å². The van der Waals surface area contributed by atoms with E-state index >= 15 is 0 Å². The molecule has 152 valence electrons. The Morgan fingerprint density at radius 3 is 2.46 bits per heavy atom. The fourth-order valence-corrected chi connectivity index (χ4v) is 5.16. The predicted octanol–water partition coefficient (Wildman–Crippen LogP) is 3.50. The van der Waals surface area contributed by atoms with Gasteiger partial charge >= 0.3 is 0 Å². The monoisotopic (exact) mass is 422 g/mol. The van der Waals surface area contributed by atoms with Crippen LogP contribution in [-0.4, -0.2) is 63.8 Å². The molecule has 0 aromatic heterocycles. The molecule has 1 unspecified atom stereocenters. The lowest BCUT2D eigenvalue weighted by molar-refractivity contribution is 0.106. The molecule has 0 spiro atoms. The van der Waals surface area contributed by atoms with Gasteiger partial charge in [0.15, 0.2) is 9.84 Å². The van der Waals surface area contributed by atoms with E-state index in [1.807, 2.05) is 18.2 Å². The van der Waals surface area contributed by atoms with Gasteiger partial charge in [-0.2, -0.15) is 0 Å². The minimum absolute atomic E-state index is 0.111. The molecule has 1 aliphatic rings. The first-order valence-corrected chi connectivity index (χ1v) is 11.5. The van der Waals surface area contributed by atoms with Gasteiger partial charge in [0.25, 0.3) is 0 Å². The number of piperazine rings is 1. The fraction of sp³-hybridized carbons (Fsp3) is 0.429. The molecule has 1 fully saturated rings. The van der Waals surface area contributed by atoms with Crippen LogP contribution in [0.25, 0.3) is 0 Å². The summed E-state index contributed by atoms with van der Waals surface area (Å²) in [6, 6.07) is 14.9. The Morgan fingerprint density at radius 2 is 1.79 bits per heavy atom. The number of benzene rings is 2. The van der Waals surface area contributed by atoms with Gasteiger partial charge in [-0.15, -0.1) is 0 Å². The molecule has 0 saturated carbocycles. The van der Waals surface area contributed by atoms with Crippen LogP contribution in [0.2, 0.25) is 5.02 Å². The molecule has 3 rings (SSSR count). The molecule has 0 radical (unpaired) electrons. The highest BCUT2D eigenvalue weighted by atomic mass is 35.5. The van der Waals surface area contributed by atoms with Gasteiger partial charge in [0, 0.05) is 43.8 Å². The lowest BCUT2D eigenvalue weighted by Gasteiger charge is -2.38. The van der Waals surface area contributed by atoms with Crippen molar-refractivity contribution in [1.29, 1.82) is 0 Å². The maximum absolute atomic E-state index is 12.6. The third kappa shape index (κ3) is 5.06. The highest BCUT2D eigenvalue weighted by Gasteiger charge is 2.24. The van der Waals surface area contributed by atoms with Crippen LogP contribution in [0, 0.1) is 0 Å². The van der Waals surface area contributed by atoms with Crippen molar-refractivity contribution < 1.29 is 13.2 Å². The lowest BCUT2D eigenvalue weighted by Crippen LogP contribution is -2.48. The Labute approximate surface area is 172 Å². The summed E-state index contributed by atoms with van der Waals surface area (Å²) in [5.74, 6) is 0.670. The zero-order valence-corrected chi connectivity index (χ0v) is 17.9. The van der Waals surface area contributed by atoms with Crippen LogP contribution in [-0.2, 0) is 9.84 Å². The van der Waals surface area contributed by atoms with Crippen molar-refractivity contribution in [2.24, 2.45) is 0 Å². The molecule has 7 heteroatoms. The van der Waals surface area contributed by atoms with Gasteiger partial charge in [0.05, 0.1) is 17.8 Å². The van der Waals surface area contributed by atoms with Gasteiger partial charge in [0.2, 0.25) is 0 Å². The second-order valence-electron chi connectivity index (χ2n) is 7.07. The molecule has 0 N–H and O–H groups in total. The molecule has 1 aliphatic heterocycles. The van der Waals surface area contributed by atoms with Crippen LogP contribution in [0.4, 0.5) is 0 Å². The summed E-state index contributed by atoms with van der Waals surface area (Å²) < 4.78 is 30.4. The van der Waals surface area contributed by atoms with Crippen LogP contribution >= 0.6 is 11.6 Å². The first kappa shape index (κ1) is 21.1. The summed E-state index contributed by atoms with van der Waals surface area (Å²) in [7, 11) is -1.79. The number of nitrogens with zero attached hydrogens (tertiary/aromatic N) is 2. The Bertz CT molecular complexity index is 896. The molecule has 2 aromatic carbocycles. The normalized spacial score (nSPS) is 17.4. The van der Waals surface area contributed by atoms with Crippen LogP contribution in [0.1, 0.15) is 18.5 Å². The topological polar surface area (TPSA) is 49.9 Å². The highest BCUT2D eigenvalue weighted by molar-refractivity contribution is 7.91. The average molecular weight is 423 g/mol. The number of sulfone groups is 1. The zero-order valence-electron chi connectivity index (χ0n) is 16.3. The van der Waals surface area contributed by atoms with E-state index in [1.54, 1.807) is 24.3 Å². The first-order valence-electron chi connectivity index (χ1n) is 9.48. The lowest BCUT2D eigenvalue weighted by atomic mass is 10.1. The van der Waals surface area contributed by atoms with Gasteiger partial charge in [-0.25, -0.2) is 8.42 Å². The second-order valence-corrected chi connectivity index (χ2v) is 9.59. The van der Waals surface area contributed by atoms with Crippen molar-refractivity contribution in [3.05, 3.63) is 59.1 Å². The SMILES string of the molecule is COc1cccc(S(=O)(=O)CCN2CCN(C(C)c3ccccc3Cl)CC2)c1. The van der Waals surface area contributed by atoms with E-state index in [-0.39, 0.29) is 11.8 Å². The maximum atomic E-state index is 12.6. The van der Waals surface area contributed by atoms with Crippen LogP contribution in [0.3, 0.4) is 0 Å². The van der Waals surface area contributed by atoms with Crippen molar-refractivity contribution >= 4 is 21.4 Å². The number of hydrogen-bond acceptors (Lipinski definition) is 5. The molecular weight excluding hydrogens is 396 g/mol. The molecule has 0 aliphatic carbocycles. The first-order chi connectivity index (χ1) is 13.4. The molecule has 1 heterocycles. The molecule has 0 bridgehead atoms. The summed E-state index contributed by atoms with van der Waals surface area (Å²) in [5.41, 5.74) is 1.14. The summed E-state index contributed by atoms with van der Waals surface area (Å²) in [5, 5.41) is 0.793. The Balaban J connectivity index is 1.53. The van der Waals surface area contributed by atoms with Crippen molar-refractivity contribution in [3.63, 3.8) is 0 Å². The summed E-state index contributed by atoms with van der Waals surface area (Å²) in [6.07, 6.45) is 0.